The largest absolute Gasteiger partial charge is 0.274 e. The fourth-order valence-corrected chi connectivity index (χ4v) is 2.89. The van der Waals surface area contributed by atoms with Crippen LogP contribution in [-0.2, 0) is 0 Å². The smallest absolute Gasteiger partial charge is 0.162 e. The van der Waals surface area contributed by atoms with E-state index in [9.17, 15) is 8.78 Å². The number of nitrogens with zero attached hydrogens (tertiary/aromatic N) is 2. The molecule has 1 aromatic carbocycles. The lowest BCUT2D eigenvalue weighted by molar-refractivity contribution is 0.500. The lowest BCUT2D eigenvalue weighted by atomic mass is 9.98. The van der Waals surface area contributed by atoms with Gasteiger partial charge in [0, 0.05) is 19.4 Å². The second-order valence-corrected chi connectivity index (χ2v) is 5.46. The molecule has 1 aliphatic heterocycles. The van der Waals surface area contributed by atoms with E-state index in [1.807, 2.05) is 17.5 Å². The van der Waals surface area contributed by atoms with Crippen LogP contribution in [0.15, 0.2) is 40.9 Å². The van der Waals surface area contributed by atoms with E-state index in [2.05, 4.69) is 9.98 Å². The zero-order chi connectivity index (χ0) is 14.1. The van der Waals surface area contributed by atoms with Gasteiger partial charge in [0.05, 0.1) is 11.8 Å². The van der Waals surface area contributed by atoms with Gasteiger partial charge < -0.3 is 0 Å². The highest BCUT2D eigenvalue weighted by Crippen LogP contribution is 2.29. The average Bonchev–Trinajstić information content (AvgIpc) is 2.99. The fourth-order valence-electron chi connectivity index (χ4n) is 2.24. The summed E-state index contributed by atoms with van der Waals surface area (Å²) in [6, 6.07) is 2.47. The lowest BCUT2D eigenvalue weighted by Crippen LogP contribution is -2.09. The second-order valence-electron chi connectivity index (χ2n) is 4.57. The summed E-state index contributed by atoms with van der Waals surface area (Å²) in [7, 11) is 0. The van der Waals surface area contributed by atoms with E-state index in [0.717, 1.165) is 16.8 Å². The summed E-state index contributed by atoms with van der Waals surface area (Å²) >= 11 is 1.53. The van der Waals surface area contributed by atoms with Gasteiger partial charge in [0.25, 0.3) is 0 Å². The Morgan fingerprint density at radius 3 is 2.95 bits per heavy atom. The summed E-state index contributed by atoms with van der Waals surface area (Å²) in [4.78, 5) is 8.86. The van der Waals surface area contributed by atoms with Crippen molar-refractivity contribution in [2.45, 2.75) is 19.4 Å². The van der Waals surface area contributed by atoms with E-state index in [0.29, 0.717) is 17.5 Å². The fraction of sp³-hybridized carbons (Fsp3) is 0.200. The van der Waals surface area contributed by atoms with Crippen molar-refractivity contribution in [2.24, 2.45) is 4.99 Å². The zero-order valence-electron chi connectivity index (χ0n) is 10.8. The van der Waals surface area contributed by atoms with Crippen LogP contribution in [0.2, 0.25) is 0 Å². The Kier molecular flexibility index (Phi) is 3.44. The maximum Gasteiger partial charge on any atom is 0.162 e. The minimum absolute atomic E-state index is 0. The van der Waals surface area contributed by atoms with E-state index >= 15 is 0 Å². The lowest BCUT2D eigenvalue weighted by Gasteiger charge is -2.17. The van der Waals surface area contributed by atoms with Crippen LogP contribution in [0.5, 0.6) is 0 Å². The van der Waals surface area contributed by atoms with Crippen LogP contribution in [0.1, 0.15) is 30.0 Å². The SMILES string of the molecule is Cc1c([C@H]2C=CCC(c3nccs3)=N2)ccc(F)c1F.[HH]. The number of rotatable bonds is 2. The molecule has 0 aliphatic carbocycles. The molecular weight excluding hydrogens is 278 g/mol. The standard InChI is InChI=1S/C15H12F2N2S.H2/c1-9-10(5-6-11(16)14(9)17)12-3-2-4-13(19-12)15-18-7-8-20-15;/h2-3,5-8,12H,4H2,1H3;1H/t12-;/m1./s1. The van der Waals surface area contributed by atoms with Gasteiger partial charge in [-0.15, -0.1) is 11.3 Å². The predicted molar refractivity (Wildman–Crippen MR) is 78.4 cm³/mol. The zero-order valence-corrected chi connectivity index (χ0v) is 11.6. The molecule has 20 heavy (non-hydrogen) atoms. The minimum Gasteiger partial charge on any atom is -0.274 e. The number of aromatic nitrogens is 1. The predicted octanol–water partition coefficient (Wildman–Crippen LogP) is 4.47. The number of hydrogen-bond donors (Lipinski definition) is 0. The quantitative estimate of drug-likeness (QED) is 0.750. The van der Waals surface area contributed by atoms with Gasteiger partial charge in [-0.05, 0) is 24.1 Å². The molecule has 0 bridgehead atoms. The highest BCUT2D eigenvalue weighted by atomic mass is 32.1. The molecular formula is C15H14F2N2S. The van der Waals surface area contributed by atoms with Crippen LogP contribution < -0.4 is 0 Å². The van der Waals surface area contributed by atoms with Crippen LogP contribution in [0.25, 0.3) is 0 Å². The molecule has 2 nitrogen and oxygen atoms in total. The molecule has 1 atom stereocenters. The summed E-state index contributed by atoms with van der Waals surface area (Å²) in [5.74, 6) is -1.62. The highest BCUT2D eigenvalue weighted by molar-refractivity contribution is 7.11. The van der Waals surface area contributed by atoms with Gasteiger partial charge in [-0.1, -0.05) is 18.2 Å². The first-order valence-electron chi connectivity index (χ1n) is 6.24. The Morgan fingerprint density at radius 1 is 1.35 bits per heavy atom. The Hall–Kier alpha value is -1.88. The molecule has 0 N–H and O–H groups in total. The Labute approximate surface area is 121 Å². The summed E-state index contributed by atoms with van der Waals surface area (Å²) < 4.78 is 26.8. The van der Waals surface area contributed by atoms with Gasteiger partial charge in [0.1, 0.15) is 5.01 Å². The minimum atomic E-state index is -0.824. The maximum atomic E-state index is 13.7. The molecule has 0 unspecified atom stereocenters. The van der Waals surface area contributed by atoms with Crippen LogP contribution in [0, 0.1) is 18.6 Å². The van der Waals surface area contributed by atoms with Crippen molar-refractivity contribution in [3.05, 3.63) is 63.6 Å². The first kappa shape index (κ1) is 13.1. The van der Waals surface area contributed by atoms with Crippen LogP contribution in [-0.4, -0.2) is 10.7 Å². The Morgan fingerprint density at radius 2 is 2.20 bits per heavy atom. The molecule has 0 amide bonds. The number of hydrogen-bond acceptors (Lipinski definition) is 3. The van der Waals surface area contributed by atoms with Crippen molar-refractivity contribution in [3.8, 4) is 0 Å². The molecule has 2 aromatic rings. The monoisotopic (exact) mass is 292 g/mol. The topological polar surface area (TPSA) is 25.2 Å². The molecule has 3 rings (SSSR count). The molecule has 0 fully saturated rings. The van der Waals surface area contributed by atoms with Crippen molar-refractivity contribution in [3.63, 3.8) is 0 Å². The van der Waals surface area contributed by atoms with Crippen molar-refractivity contribution in [1.82, 2.24) is 4.98 Å². The van der Waals surface area contributed by atoms with Crippen LogP contribution in [0.4, 0.5) is 8.78 Å². The van der Waals surface area contributed by atoms with Crippen molar-refractivity contribution >= 4 is 17.0 Å². The third kappa shape index (κ3) is 2.29. The van der Waals surface area contributed by atoms with E-state index in [1.165, 1.54) is 11.3 Å². The second kappa shape index (κ2) is 5.25. The maximum absolute atomic E-state index is 13.7. The number of halogens is 2. The summed E-state index contributed by atoms with van der Waals surface area (Å²) in [6.07, 6.45) is 6.36. The molecule has 2 heterocycles. The van der Waals surface area contributed by atoms with E-state index < -0.39 is 11.6 Å². The summed E-state index contributed by atoms with van der Waals surface area (Å²) in [5, 5.41) is 2.77. The summed E-state index contributed by atoms with van der Waals surface area (Å²) in [5.41, 5.74) is 1.88. The normalized spacial score (nSPS) is 18.1. The van der Waals surface area contributed by atoms with Gasteiger partial charge in [-0.2, -0.15) is 0 Å². The van der Waals surface area contributed by atoms with Gasteiger partial charge in [0.2, 0.25) is 0 Å². The Balaban J connectivity index is 0.00000161. The highest BCUT2D eigenvalue weighted by Gasteiger charge is 2.19. The van der Waals surface area contributed by atoms with Crippen LogP contribution in [0.3, 0.4) is 0 Å². The number of dihydropyridines is 1. The molecule has 1 aromatic heterocycles. The number of thiazole rings is 1. The van der Waals surface area contributed by atoms with Crippen molar-refractivity contribution in [1.29, 1.82) is 0 Å². The summed E-state index contributed by atoms with van der Waals surface area (Å²) in [6.45, 7) is 1.58. The molecule has 0 spiro atoms. The van der Waals surface area contributed by atoms with Gasteiger partial charge in [-0.25, -0.2) is 13.8 Å². The average molecular weight is 292 g/mol. The van der Waals surface area contributed by atoms with E-state index in [1.54, 1.807) is 19.2 Å². The third-order valence-electron chi connectivity index (χ3n) is 3.30. The van der Waals surface area contributed by atoms with E-state index in [-0.39, 0.29) is 7.47 Å². The van der Waals surface area contributed by atoms with E-state index in [4.69, 9.17) is 0 Å². The molecule has 104 valence electrons. The van der Waals surface area contributed by atoms with Gasteiger partial charge in [0.15, 0.2) is 11.6 Å². The van der Waals surface area contributed by atoms with Crippen LogP contribution >= 0.6 is 11.3 Å². The first-order chi connectivity index (χ1) is 9.66. The van der Waals surface area contributed by atoms with Gasteiger partial charge in [-0.3, -0.25) is 4.99 Å². The first-order valence-corrected chi connectivity index (χ1v) is 7.12. The number of aliphatic imine (C=N–C) groups is 1. The number of allylic oxidation sites excluding steroid dienone is 1. The molecule has 1 aliphatic rings. The third-order valence-corrected chi connectivity index (χ3v) is 4.13. The van der Waals surface area contributed by atoms with Gasteiger partial charge >= 0.3 is 0 Å². The Bertz CT molecular complexity index is 696. The molecule has 0 radical (unpaired) electrons. The molecule has 0 saturated carbocycles. The van der Waals surface area contributed by atoms with Crippen molar-refractivity contribution < 1.29 is 10.2 Å². The molecule has 5 heteroatoms. The number of benzene rings is 1. The molecule has 0 saturated heterocycles. The van der Waals surface area contributed by atoms with Crippen molar-refractivity contribution in [2.75, 3.05) is 0 Å².